The number of rotatable bonds is 8. The summed E-state index contributed by atoms with van der Waals surface area (Å²) < 4.78 is 4.86. The standard InChI is InChI=1S/C19H20N2O4S/c22-17(21-19(24)20-13-15-7-3-1-4-8-15)14-25-18(23)11-12-26-16-9-5-2-6-10-16/h1-10H,11-14H2,(H2,20,21,22,24). The van der Waals surface area contributed by atoms with Crippen molar-refractivity contribution in [3.8, 4) is 0 Å². The molecule has 0 aliphatic heterocycles. The van der Waals surface area contributed by atoms with Crippen molar-refractivity contribution in [2.24, 2.45) is 0 Å². The summed E-state index contributed by atoms with van der Waals surface area (Å²) in [4.78, 5) is 35.9. The van der Waals surface area contributed by atoms with Gasteiger partial charge in [0.2, 0.25) is 0 Å². The molecule has 0 bridgehead atoms. The van der Waals surface area contributed by atoms with Crippen LogP contribution in [0.1, 0.15) is 12.0 Å². The number of carbonyl (C=O) groups excluding carboxylic acids is 3. The van der Waals surface area contributed by atoms with Crippen molar-refractivity contribution in [3.05, 3.63) is 66.2 Å². The van der Waals surface area contributed by atoms with Gasteiger partial charge < -0.3 is 10.1 Å². The summed E-state index contributed by atoms with van der Waals surface area (Å²) in [5, 5.41) is 4.67. The molecule has 136 valence electrons. The van der Waals surface area contributed by atoms with Gasteiger partial charge in [-0.3, -0.25) is 14.9 Å². The Hall–Kier alpha value is -2.80. The molecule has 0 fully saturated rings. The van der Waals surface area contributed by atoms with Crippen LogP contribution in [-0.4, -0.2) is 30.3 Å². The number of hydrogen-bond acceptors (Lipinski definition) is 5. The van der Waals surface area contributed by atoms with Gasteiger partial charge in [0.05, 0.1) is 6.42 Å². The SMILES string of the molecule is O=C(COC(=O)CCSc1ccccc1)NC(=O)NCc1ccccc1. The van der Waals surface area contributed by atoms with E-state index in [4.69, 9.17) is 4.74 Å². The van der Waals surface area contributed by atoms with E-state index >= 15 is 0 Å². The molecular formula is C19H20N2O4S. The fourth-order valence-corrected chi connectivity index (χ4v) is 2.83. The molecule has 26 heavy (non-hydrogen) atoms. The first-order valence-electron chi connectivity index (χ1n) is 8.08. The number of thioether (sulfide) groups is 1. The average molecular weight is 372 g/mol. The van der Waals surface area contributed by atoms with E-state index in [2.05, 4.69) is 10.6 Å². The molecule has 2 aromatic carbocycles. The molecule has 0 atom stereocenters. The zero-order valence-corrected chi connectivity index (χ0v) is 15.0. The van der Waals surface area contributed by atoms with Crippen molar-refractivity contribution < 1.29 is 19.1 Å². The molecule has 2 aromatic rings. The van der Waals surface area contributed by atoms with E-state index in [1.54, 1.807) is 0 Å². The van der Waals surface area contributed by atoms with Crippen LogP contribution in [0.4, 0.5) is 4.79 Å². The van der Waals surface area contributed by atoms with E-state index in [1.807, 2.05) is 60.7 Å². The number of ether oxygens (including phenoxy) is 1. The van der Waals surface area contributed by atoms with Crippen LogP contribution in [0.5, 0.6) is 0 Å². The van der Waals surface area contributed by atoms with Gasteiger partial charge in [-0.15, -0.1) is 11.8 Å². The summed E-state index contributed by atoms with van der Waals surface area (Å²) in [5.41, 5.74) is 0.914. The lowest BCUT2D eigenvalue weighted by Gasteiger charge is -2.07. The molecular weight excluding hydrogens is 352 g/mol. The Morgan fingerprint density at radius 1 is 0.923 bits per heavy atom. The van der Waals surface area contributed by atoms with Gasteiger partial charge in [-0.2, -0.15) is 0 Å². The number of amides is 3. The Balaban J connectivity index is 1.57. The van der Waals surface area contributed by atoms with E-state index in [-0.39, 0.29) is 6.42 Å². The van der Waals surface area contributed by atoms with Crippen LogP contribution in [-0.2, 0) is 20.9 Å². The van der Waals surface area contributed by atoms with Gasteiger partial charge in [-0.05, 0) is 17.7 Å². The molecule has 0 spiro atoms. The molecule has 0 aliphatic carbocycles. The maximum Gasteiger partial charge on any atom is 0.321 e. The fourth-order valence-electron chi connectivity index (χ4n) is 1.97. The molecule has 0 saturated heterocycles. The Bertz CT molecular complexity index is 723. The number of imide groups is 1. The van der Waals surface area contributed by atoms with Gasteiger partial charge in [0, 0.05) is 17.2 Å². The predicted molar refractivity (Wildman–Crippen MR) is 99.6 cm³/mol. The fraction of sp³-hybridized carbons (Fsp3) is 0.211. The van der Waals surface area contributed by atoms with Gasteiger partial charge in [0.15, 0.2) is 6.61 Å². The smallest absolute Gasteiger partial charge is 0.321 e. The maximum absolute atomic E-state index is 11.6. The van der Waals surface area contributed by atoms with Crippen molar-refractivity contribution in [1.29, 1.82) is 0 Å². The van der Waals surface area contributed by atoms with Crippen molar-refractivity contribution in [2.75, 3.05) is 12.4 Å². The van der Waals surface area contributed by atoms with E-state index in [0.717, 1.165) is 10.5 Å². The highest BCUT2D eigenvalue weighted by atomic mass is 32.2. The van der Waals surface area contributed by atoms with Crippen LogP contribution < -0.4 is 10.6 Å². The number of hydrogen-bond donors (Lipinski definition) is 2. The van der Waals surface area contributed by atoms with Crippen LogP contribution in [0.2, 0.25) is 0 Å². The number of carbonyl (C=O) groups is 3. The van der Waals surface area contributed by atoms with Gasteiger partial charge in [0.25, 0.3) is 5.91 Å². The molecule has 0 aliphatic rings. The molecule has 0 heterocycles. The summed E-state index contributed by atoms with van der Waals surface area (Å²) in [7, 11) is 0. The van der Waals surface area contributed by atoms with Crippen LogP contribution in [0.25, 0.3) is 0 Å². The summed E-state index contributed by atoms with van der Waals surface area (Å²) >= 11 is 1.53. The van der Waals surface area contributed by atoms with Crippen molar-refractivity contribution in [1.82, 2.24) is 10.6 Å². The molecule has 7 heteroatoms. The van der Waals surface area contributed by atoms with Gasteiger partial charge in [0.1, 0.15) is 0 Å². The van der Waals surface area contributed by atoms with Crippen LogP contribution in [0.3, 0.4) is 0 Å². The summed E-state index contributed by atoms with van der Waals surface area (Å²) in [6.45, 7) is -0.177. The monoisotopic (exact) mass is 372 g/mol. The van der Waals surface area contributed by atoms with E-state index in [1.165, 1.54) is 11.8 Å². The molecule has 2 rings (SSSR count). The normalized spacial score (nSPS) is 10.0. The second-order valence-corrected chi connectivity index (χ2v) is 6.46. The summed E-state index contributed by atoms with van der Waals surface area (Å²) in [5.74, 6) is -0.588. The van der Waals surface area contributed by atoms with Gasteiger partial charge in [-0.25, -0.2) is 4.79 Å². The minimum absolute atomic E-state index is 0.188. The minimum atomic E-state index is -0.667. The van der Waals surface area contributed by atoms with Crippen molar-refractivity contribution >= 4 is 29.7 Å². The number of esters is 1. The van der Waals surface area contributed by atoms with Crippen molar-refractivity contribution in [2.45, 2.75) is 17.9 Å². The third kappa shape index (κ3) is 7.85. The lowest BCUT2D eigenvalue weighted by molar-refractivity contribution is -0.147. The Kier molecular flexibility index (Phi) is 8.21. The molecule has 3 amide bonds. The first-order chi connectivity index (χ1) is 12.6. The molecule has 0 saturated carbocycles. The number of urea groups is 1. The highest BCUT2D eigenvalue weighted by molar-refractivity contribution is 7.99. The first kappa shape index (κ1) is 19.5. The molecule has 6 nitrogen and oxygen atoms in total. The molecule has 0 unspecified atom stereocenters. The highest BCUT2D eigenvalue weighted by Gasteiger charge is 2.11. The van der Waals surface area contributed by atoms with Crippen molar-refractivity contribution in [3.63, 3.8) is 0 Å². The lowest BCUT2D eigenvalue weighted by atomic mass is 10.2. The molecule has 0 radical (unpaired) electrons. The zero-order valence-electron chi connectivity index (χ0n) is 14.1. The van der Waals surface area contributed by atoms with Crippen LogP contribution in [0.15, 0.2) is 65.6 Å². The number of benzene rings is 2. The largest absolute Gasteiger partial charge is 0.456 e. The quantitative estimate of drug-likeness (QED) is 0.550. The second kappa shape index (κ2) is 10.9. The summed E-state index contributed by atoms with van der Waals surface area (Å²) in [6.07, 6.45) is 0.188. The van der Waals surface area contributed by atoms with E-state index in [0.29, 0.717) is 12.3 Å². The second-order valence-electron chi connectivity index (χ2n) is 5.29. The zero-order chi connectivity index (χ0) is 18.6. The predicted octanol–water partition coefficient (Wildman–Crippen LogP) is 2.74. The van der Waals surface area contributed by atoms with Crippen LogP contribution >= 0.6 is 11.8 Å². The van der Waals surface area contributed by atoms with E-state index < -0.39 is 24.5 Å². The first-order valence-corrected chi connectivity index (χ1v) is 9.07. The maximum atomic E-state index is 11.6. The topological polar surface area (TPSA) is 84.5 Å². The Labute approximate surface area is 156 Å². The third-order valence-electron chi connectivity index (χ3n) is 3.23. The summed E-state index contributed by atoms with van der Waals surface area (Å²) in [6, 6.07) is 18.4. The van der Waals surface area contributed by atoms with Gasteiger partial charge in [-0.1, -0.05) is 48.5 Å². The minimum Gasteiger partial charge on any atom is -0.456 e. The molecule has 2 N–H and O–H groups in total. The third-order valence-corrected chi connectivity index (χ3v) is 4.24. The molecule has 0 aromatic heterocycles. The lowest BCUT2D eigenvalue weighted by Crippen LogP contribution is -2.41. The van der Waals surface area contributed by atoms with Gasteiger partial charge >= 0.3 is 12.0 Å². The average Bonchev–Trinajstić information content (AvgIpc) is 2.66. The Morgan fingerprint density at radius 3 is 2.27 bits per heavy atom. The number of nitrogens with one attached hydrogen (secondary N) is 2. The Morgan fingerprint density at radius 2 is 1.58 bits per heavy atom. The highest BCUT2D eigenvalue weighted by Crippen LogP contribution is 2.17. The van der Waals surface area contributed by atoms with Crippen LogP contribution in [0, 0.1) is 0 Å². The van der Waals surface area contributed by atoms with E-state index in [9.17, 15) is 14.4 Å².